The first-order chi connectivity index (χ1) is 11.8. The van der Waals surface area contributed by atoms with Crippen molar-refractivity contribution in [1.82, 2.24) is 4.98 Å². The molecule has 1 N–H and O–H groups in total. The van der Waals surface area contributed by atoms with E-state index in [0.717, 1.165) is 43.9 Å². The van der Waals surface area contributed by atoms with Crippen LogP contribution in [0.25, 0.3) is 0 Å². The van der Waals surface area contributed by atoms with Crippen LogP contribution in [0.1, 0.15) is 28.8 Å². The van der Waals surface area contributed by atoms with Gasteiger partial charge in [-0.25, -0.2) is 4.98 Å². The van der Waals surface area contributed by atoms with Gasteiger partial charge in [0.2, 0.25) is 0 Å². The fourth-order valence-electron chi connectivity index (χ4n) is 2.71. The number of nitrogens with zero attached hydrogens (tertiary/aromatic N) is 2. The molecule has 2 heterocycles. The molecule has 1 aliphatic heterocycles. The molecule has 0 atom stereocenters. The molecule has 1 saturated heterocycles. The lowest BCUT2D eigenvalue weighted by Gasteiger charge is -2.16. The number of hydrogen-bond donors (Lipinski definition) is 1. The van der Waals surface area contributed by atoms with E-state index in [1.54, 1.807) is 12.1 Å². The summed E-state index contributed by atoms with van der Waals surface area (Å²) < 4.78 is 39.2. The van der Waals surface area contributed by atoms with Crippen LogP contribution < -0.4 is 10.2 Å². The van der Waals surface area contributed by atoms with Gasteiger partial charge in [-0.2, -0.15) is 13.2 Å². The van der Waals surface area contributed by atoms with Crippen LogP contribution in [0, 0.1) is 0 Å². The summed E-state index contributed by atoms with van der Waals surface area (Å²) in [6.45, 7) is 1.83. The zero-order chi connectivity index (χ0) is 18.0. The van der Waals surface area contributed by atoms with E-state index in [9.17, 15) is 18.0 Å². The lowest BCUT2D eigenvalue weighted by Crippen LogP contribution is -2.20. The van der Waals surface area contributed by atoms with Crippen LogP contribution in [0.3, 0.4) is 0 Å². The Balaban J connectivity index is 1.78. The predicted octanol–water partition coefficient (Wildman–Crippen LogP) is 4.61. The van der Waals surface area contributed by atoms with Crippen molar-refractivity contribution < 1.29 is 18.0 Å². The molecule has 1 aromatic heterocycles. The summed E-state index contributed by atoms with van der Waals surface area (Å²) in [5.74, 6) is 0.102. The van der Waals surface area contributed by atoms with E-state index >= 15 is 0 Å². The highest BCUT2D eigenvalue weighted by Gasteiger charge is 2.34. The number of amides is 1. The molecule has 1 aromatic carbocycles. The molecule has 8 heteroatoms. The smallest absolute Gasteiger partial charge is 0.357 e. The van der Waals surface area contributed by atoms with Crippen molar-refractivity contribution in [3.63, 3.8) is 0 Å². The highest BCUT2D eigenvalue weighted by Crippen LogP contribution is 2.36. The minimum absolute atomic E-state index is 0.0537. The normalized spacial score (nSPS) is 14.6. The number of pyridine rings is 1. The SMILES string of the molecule is O=C(Nc1ccc(Cl)cc1C(F)(F)F)c1ccc(N2CCCC2)nc1. The van der Waals surface area contributed by atoms with Gasteiger partial charge in [-0.1, -0.05) is 11.6 Å². The fourth-order valence-corrected chi connectivity index (χ4v) is 2.88. The number of benzene rings is 1. The van der Waals surface area contributed by atoms with Crippen LogP contribution >= 0.6 is 11.6 Å². The van der Waals surface area contributed by atoms with Gasteiger partial charge in [-0.15, -0.1) is 0 Å². The molecule has 2 aromatic rings. The first kappa shape index (κ1) is 17.5. The highest BCUT2D eigenvalue weighted by molar-refractivity contribution is 6.30. The molecule has 1 amide bonds. The third kappa shape index (κ3) is 4.04. The predicted molar refractivity (Wildman–Crippen MR) is 90.1 cm³/mol. The summed E-state index contributed by atoms with van der Waals surface area (Å²) in [5.41, 5.74) is -1.15. The van der Waals surface area contributed by atoms with E-state index in [4.69, 9.17) is 11.6 Å². The van der Waals surface area contributed by atoms with Crippen molar-refractivity contribution in [2.45, 2.75) is 19.0 Å². The first-order valence-electron chi connectivity index (χ1n) is 7.74. The van der Waals surface area contributed by atoms with Gasteiger partial charge in [0.15, 0.2) is 0 Å². The Labute approximate surface area is 147 Å². The first-order valence-corrected chi connectivity index (χ1v) is 8.11. The van der Waals surface area contributed by atoms with Gasteiger partial charge >= 0.3 is 6.18 Å². The van der Waals surface area contributed by atoms with Gasteiger partial charge in [-0.05, 0) is 43.2 Å². The highest BCUT2D eigenvalue weighted by atomic mass is 35.5. The number of hydrogen-bond acceptors (Lipinski definition) is 3. The Morgan fingerprint density at radius 3 is 2.48 bits per heavy atom. The number of carbonyl (C=O) groups is 1. The fraction of sp³-hybridized carbons (Fsp3) is 0.294. The average molecular weight is 370 g/mol. The lowest BCUT2D eigenvalue weighted by atomic mass is 10.1. The van der Waals surface area contributed by atoms with Gasteiger partial charge in [-0.3, -0.25) is 4.79 Å². The largest absolute Gasteiger partial charge is 0.418 e. The van der Waals surface area contributed by atoms with E-state index in [0.29, 0.717) is 0 Å². The van der Waals surface area contributed by atoms with E-state index in [-0.39, 0.29) is 16.3 Å². The summed E-state index contributed by atoms with van der Waals surface area (Å²) in [6.07, 6.45) is -1.06. The van der Waals surface area contributed by atoms with Crippen molar-refractivity contribution in [2.75, 3.05) is 23.3 Å². The molecule has 1 aliphatic rings. The quantitative estimate of drug-likeness (QED) is 0.859. The van der Waals surface area contributed by atoms with Crippen LogP contribution in [0.2, 0.25) is 5.02 Å². The van der Waals surface area contributed by atoms with Crippen LogP contribution in [0.5, 0.6) is 0 Å². The molecular formula is C17H15ClF3N3O. The third-order valence-corrected chi connectivity index (χ3v) is 4.21. The Kier molecular flexibility index (Phi) is 4.85. The summed E-state index contributed by atoms with van der Waals surface area (Å²) in [7, 11) is 0. The number of halogens is 4. The minimum atomic E-state index is -4.62. The van der Waals surface area contributed by atoms with Crippen molar-refractivity contribution in [1.29, 1.82) is 0 Å². The number of alkyl halides is 3. The van der Waals surface area contributed by atoms with Gasteiger partial charge in [0, 0.05) is 24.3 Å². The number of anilines is 2. The van der Waals surface area contributed by atoms with Crippen molar-refractivity contribution in [2.24, 2.45) is 0 Å². The van der Waals surface area contributed by atoms with Crippen LogP contribution in [0.15, 0.2) is 36.5 Å². The van der Waals surface area contributed by atoms with Crippen LogP contribution in [0.4, 0.5) is 24.7 Å². The molecule has 0 unspecified atom stereocenters. The molecular weight excluding hydrogens is 355 g/mol. The van der Waals surface area contributed by atoms with E-state index in [2.05, 4.69) is 15.2 Å². The molecule has 0 bridgehead atoms. The second-order valence-corrected chi connectivity index (χ2v) is 6.18. The lowest BCUT2D eigenvalue weighted by molar-refractivity contribution is -0.136. The molecule has 0 radical (unpaired) electrons. The second kappa shape index (κ2) is 6.92. The monoisotopic (exact) mass is 369 g/mol. The third-order valence-electron chi connectivity index (χ3n) is 3.98. The average Bonchev–Trinajstić information content (AvgIpc) is 3.10. The Morgan fingerprint density at radius 1 is 1.16 bits per heavy atom. The number of carbonyl (C=O) groups excluding carboxylic acids is 1. The summed E-state index contributed by atoms with van der Waals surface area (Å²) in [5, 5.41) is 2.22. The molecule has 25 heavy (non-hydrogen) atoms. The maximum Gasteiger partial charge on any atom is 0.418 e. The maximum absolute atomic E-state index is 13.1. The van der Waals surface area contributed by atoms with E-state index in [1.807, 2.05) is 0 Å². The second-order valence-electron chi connectivity index (χ2n) is 5.74. The van der Waals surface area contributed by atoms with Crippen LogP contribution in [-0.2, 0) is 6.18 Å². The van der Waals surface area contributed by atoms with Crippen LogP contribution in [-0.4, -0.2) is 24.0 Å². The van der Waals surface area contributed by atoms with Crippen molar-refractivity contribution >= 4 is 29.0 Å². The van der Waals surface area contributed by atoms with Gasteiger partial charge in [0.25, 0.3) is 5.91 Å². The summed E-state index contributed by atoms with van der Waals surface area (Å²) in [6, 6.07) is 6.47. The molecule has 3 rings (SSSR count). The van der Waals surface area contributed by atoms with E-state index < -0.39 is 17.6 Å². The Hall–Kier alpha value is -2.28. The molecule has 0 spiro atoms. The molecule has 0 aliphatic carbocycles. The molecule has 132 valence electrons. The Bertz CT molecular complexity index is 772. The molecule has 4 nitrogen and oxygen atoms in total. The van der Waals surface area contributed by atoms with E-state index in [1.165, 1.54) is 12.3 Å². The van der Waals surface area contributed by atoms with Gasteiger partial charge < -0.3 is 10.2 Å². The summed E-state index contributed by atoms with van der Waals surface area (Å²) >= 11 is 5.63. The topological polar surface area (TPSA) is 45.2 Å². The van der Waals surface area contributed by atoms with Crippen molar-refractivity contribution in [3.05, 3.63) is 52.7 Å². The zero-order valence-corrected chi connectivity index (χ0v) is 13.9. The minimum Gasteiger partial charge on any atom is -0.357 e. The van der Waals surface area contributed by atoms with Gasteiger partial charge in [0.05, 0.1) is 16.8 Å². The zero-order valence-electron chi connectivity index (χ0n) is 13.1. The van der Waals surface area contributed by atoms with Gasteiger partial charge in [0.1, 0.15) is 5.82 Å². The number of aromatic nitrogens is 1. The number of rotatable bonds is 3. The standard InChI is InChI=1S/C17H15ClF3N3O/c18-12-4-5-14(13(9-12)17(19,20)21)23-16(25)11-3-6-15(22-10-11)24-7-1-2-8-24/h3-6,9-10H,1-2,7-8H2,(H,23,25). The molecule has 1 fully saturated rings. The summed E-state index contributed by atoms with van der Waals surface area (Å²) in [4.78, 5) is 18.6. The van der Waals surface area contributed by atoms with Crippen molar-refractivity contribution in [3.8, 4) is 0 Å². The Morgan fingerprint density at radius 2 is 1.88 bits per heavy atom. The molecule has 0 saturated carbocycles. The maximum atomic E-state index is 13.1. The number of nitrogens with one attached hydrogen (secondary N) is 1.